The van der Waals surface area contributed by atoms with Gasteiger partial charge in [0.05, 0.1) is 25.4 Å². The number of ether oxygens (including phenoxy) is 1. The number of carbonyl (C=O) groups is 2. The van der Waals surface area contributed by atoms with E-state index in [9.17, 15) is 19.8 Å². The van der Waals surface area contributed by atoms with Crippen LogP contribution in [0.2, 0.25) is 0 Å². The Morgan fingerprint density at radius 1 is 0.321 bits per heavy atom. The number of rotatable bonds is 73. The Labute approximate surface area is 526 Å². The van der Waals surface area contributed by atoms with Gasteiger partial charge in [-0.2, -0.15) is 0 Å². The molecule has 0 aromatic carbocycles. The second kappa shape index (κ2) is 73.8. The first-order chi connectivity index (χ1) is 41.5. The second-order valence-corrected chi connectivity index (χ2v) is 26.7. The third-order valence-corrected chi connectivity index (χ3v) is 18.2. The molecular weight excluding hydrogens is 1030 g/mol. The first-order valence-corrected chi connectivity index (χ1v) is 38.6. The lowest BCUT2D eigenvalue weighted by molar-refractivity contribution is -0.143. The number of nitrogens with one attached hydrogen (secondary N) is 1. The molecule has 0 saturated heterocycles. The highest BCUT2D eigenvalue weighted by Gasteiger charge is 2.20. The van der Waals surface area contributed by atoms with Gasteiger partial charge < -0.3 is 20.3 Å². The predicted octanol–water partition coefficient (Wildman–Crippen LogP) is 25.3. The van der Waals surface area contributed by atoms with Crippen molar-refractivity contribution in [2.24, 2.45) is 0 Å². The molecule has 6 nitrogen and oxygen atoms in total. The first kappa shape index (κ1) is 82.3. The molecule has 3 N–H and O–H groups in total. The molecule has 0 aliphatic heterocycles. The lowest BCUT2D eigenvalue weighted by Crippen LogP contribution is -2.45. The van der Waals surface area contributed by atoms with Crippen LogP contribution in [-0.2, 0) is 14.3 Å². The van der Waals surface area contributed by atoms with E-state index in [1.807, 2.05) is 0 Å². The van der Waals surface area contributed by atoms with Crippen molar-refractivity contribution in [3.63, 3.8) is 0 Å². The quantitative estimate of drug-likeness (QED) is 0.0320. The number of aliphatic hydroxyl groups excluding tert-OH is 2. The van der Waals surface area contributed by atoms with E-state index >= 15 is 0 Å². The maximum Gasteiger partial charge on any atom is 0.305 e. The van der Waals surface area contributed by atoms with Crippen LogP contribution in [0, 0.1) is 0 Å². The molecule has 0 radical (unpaired) electrons. The summed E-state index contributed by atoms with van der Waals surface area (Å²) >= 11 is 0. The number of unbranched alkanes of at least 4 members (excludes halogenated alkanes) is 58. The van der Waals surface area contributed by atoms with Gasteiger partial charge in [-0.1, -0.05) is 372 Å². The molecule has 2 atom stereocenters. The molecule has 2 unspecified atom stereocenters. The van der Waals surface area contributed by atoms with Crippen molar-refractivity contribution < 1.29 is 24.5 Å². The fraction of sp³-hybridized carbons (Fsp3) is 0.923. The maximum atomic E-state index is 12.6. The molecule has 0 bridgehead atoms. The van der Waals surface area contributed by atoms with Crippen LogP contribution in [0.5, 0.6) is 0 Å². The van der Waals surface area contributed by atoms with Crippen molar-refractivity contribution in [3.8, 4) is 0 Å². The summed E-state index contributed by atoms with van der Waals surface area (Å²) in [5.74, 6) is -0.0232. The molecule has 0 aliphatic carbocycles. The minimum Gasteiger partial charge on any atom is -0.466 e. The average Bonchev–Trinajstić information content (AvgIpc) is 3.51. The SMILES string of the molecule is CCCCCCCCC/C=C\CCCCCCCCCC(=O)OCCCCCCCCCCCCCC/C=C\CCCCCCCCCCC(=O)NC(CO)C(O)CCCCCCCCCCCCCCCCCCCCCCCCCCC. The highest BCUT2D eigenvalue weighted by molar-refractivity contribution is 5.76. The third kappa shape index (κ3) is 69.4. The topological polar surface area (TPSA) is 95.9 Å². The van der Waals surface area contributed by atoms with Crippen molar-refractivity contribution in [2.75, 3.05) is 13.2 Å². The van der Waals surface area contributed by atoms with Crippen molar-refractivity contribution in [1.82, 2.24) is 5.32 Å². The monoisotopic (exact) mass is 1180 g/mol. The third-order valence-electron chi connectivity index (χ3n) is 18.2. The van der Waals surface area contributed by atoms with Gasteiger partial charge in [0.1, 0.15) is 0 Å². The zero-order chi connectivity index (χ0) is 60.6. The Morgan fingerprint density at radius 3 is 0.845 bits per heavy atom. The highest BCUT2D eigenvalue weighted by Crippen LogP contribution is 2.20. The first-order valence-electron chi connectivity index (χ1n) is 38.6. The number of hydrogen-bond acceptors (Lipinski definition) is 5. The van der Waals surface area contributed by atoms with Gasteiger partial charge in [-0.15, -0.1) is 0 Å². The molecule has 0 fully saturated rings. The molecule has 6 heteroatoms. The standard InChI is InChI=1S/C78H151NO5/c1-3-5-7-9-11-13-15-17-19-21-23-24-25-26-29-32-35-38-42-46-50-54-58-62-66-70-76(81)75(74-80)79-77(82)71-67-63-59-55-51-47-43-39-36-33-30-27-28-31-34-37-41-45-49-53-57-61-65-69-73-84-78(83)72-68-64-60-56-52-48-44-40-22-20-18-16-14-12-10-8-6-4-2/h20,22,30,33,75-76,80-81H,3-19,21,23-29,31-32,34-74H2,1-2H3,(H,79,82)/b22-20-,33-30-. The largest absolute Gasteiger partial charge is 0.466 e. The molecule has 498 valence electrons. The molecule has 0 aromatic heterocycles. The van der Waals surface area contributed by atoms with Crippen LogP contribution < -0.4 is 5.32 Å². The molecule has 0 saturated carbocycles. The summed E-state index contributed by atoms with van der Waals surface area (Å²) in [5.41, 5.74) is 0. The zero-order valence-corrected chi connectivity index (χ0v) is 57.2. The molecule has 0 aliphatic rings. The van der Waals surface area contributed by atoms with E-state index in [1.54, 1.807) is 0 Å². The van der Waals surface area contributed by atoms with Gasteiger partial charge >= 0.3 is 5.97 Å². The normalized spacial score (nSPS) is 12.6. The number of amides is 1. The van der Waals surface area contributed by atoms with Gasteiger partial charge in [0.25, 0.3) is 0 Å². The molecular formula is C78H151NO5. The van der Waals surface area contributed by atoms with E-state index in [0.717, 1.165) is 44.9 Å². The van der Waals surface area contributed by atoms with E-state index in [0.29, 0.717) is 25.9 Å². The number of allylic oxidation sites excluding steroid dienone is 4. The Morgan fingerprint density at radius 2 is 0.560 bits per heavy atom. The van der Waals surface area contributed by atoms with Crippen LogP contribution in [0.25, 0.3) is 0 Å². The Kier molecular flexibility index (Phi) is 72.3. The number of hydrogen-bond donors (Lipinski definition) is 3. The zero-order valence-electron chi connectivity index (χ0n) is 57.2. The smallest absolute Gasteiger partial charge is 0.305 e. The van der Waals surface area contributed by atoms with Gasteiger partial charge in [0.15, 0.2) is 0 Å². The van der Waals surface area contributed by atoms with E-state index in [2.05, 4.69) is 43.5 Å². The summed E-state index contributed by atoms with van der Waals surface area (Å²) in [5, 5.41) is 23.5. The minimum atomic E-state index is -0.669. The van der Waals surface area contributed by atoms with Crippen molar-refractivity contribution in [1.29, 1.82) is 0 Å². The van der Waals surface area contributed by atoms with Gasteiger partial charge in [-0.25, -0.2) is 0 Å². The summed E-state index contributed by atoms with van der Waals surface area (Å²) in [6.45, 7) is 4.99. The van der Waals surface area contributed by atoms with Gasteiger partial charge in [0.2, 0.25) is 5.91 Å². The summed E-state index contributed by atoms with van der Waals surface area (Å²) in [6, 6.07) is -0.547. The molecule has 84 heavy (non-hydrogen) atoms. The number of esters is 1. The fourth-order valence-electron chi connectivity index (χ4n) is 12.3. The minimum absolute atomic E-state index is 0.0109. The molecule has 1 amide bonds. The number of carbonyl (C=O) groups excluding carboxylic acids is 2. The molecule has 0 aromatic rings. The van der Waals surface area contributed by atoms with Gasteiger partial charge in [0, 0.05) is 12.8 Å². The lowest BCUT2D eigenvalue weighted by atomic mass is 10.0. The highest BCUT2D eigenvalue weighted by atomic mass is 16.5. The molecule has 0 rings (SSSR count). The Balaban J connectivity index is 3.39. The summed E-state index contributed by atoms with van der Waals surface area (Å²) in [6.07, 6.45) is 93.9. The summed E-state index contributed by atoms with van der Waals surface area (Å²) in [4.78, 5) is 24.7. The number of aliphatic hydroxyl groups is 2. The van der Waals surface area contributed by atoms with Crippen LogP contribution in [0.3, 0.4) is 0 Å². The second-order valence-electron chi connectivity index (χ2n) is 26.7. The van der Waals surface area contributed by atoms with Crippen LogP contribution in [0.4, 0.5) is 0 Å². The Bertz CT molecular complexity index is 1320. The van der Waals surface area contributed by atoms with Gasteiger partial charge in [-0.05, 0) is 77.0 Å². The summed E-state index contributed by atoms with van der Waals surface area (Å²) < 4.78 is 5.51. The average molecular weight is 1180 g/mol. The van der Waals surface area contributed by atoms with Crippen molar-refractivity contribution >= 4 is 11.9 Å². The van der Waals surface area contributed by atoms with Crippen molar-refractivity contribution in [2.45, 2.75) is 450 Å². The fourth-order valence-corrected chi connectivity index (χ4v) is 12.3. The lowest BCUT2D eigenvalue weighted by Gasteiger charge is -2.22. The molecule has 0 heterocycles. The van der Waals surface area contributed by atoms with Gasteiger partial charge in [-0.3, -0.25) is 9.59 Å². The summed E-state index contributed by atoms with van der Waals surface area (Å²) in [7, 11) is 0. The van der Waals surface area contributed by atoms with E-state index in [4.69, 9.17) is 4.74 Å². The predicted molar refractivity (Wildman–Crippen MR) is 370 cm³/mol. The van der Waals surface area contributed by atoms with Crippen LogP contribution >= 0.6 is 0 Å². The van der Waals surface area contributed by atoms with Crippen molar-refractivity contribution in [3.05, 3.63) is 24.3 Å². The van der Waals surface area contributed by atoms with E-state index in [-0.39, 0.29) is 18.5 Å². The van der Waals surface area contributed by atoms with Crippen LogP contribution in [0.1, 0.15) is 438 Å². The maximum absolute atomic E-state index is 12.6. The van der Waals surface area contributed by atoms with E-state index < -0.39 is 12.1 Å². The molecule has 0 spiro atoms. The Hall–Kier alpha value is -1.66. The van der Waals surface area contributed by atoms with E-state index in [1.165, 1.54) is 360 Å². The van der Waals surface area contributed by atoms with Crippen LogP contribution in [0.15, 0.2) is 24.3 Å². The van der Waals surface area contributed by atoms with Crippen LogP contribution in [-0.4, -0.2) is 47.4 Å².